The Kier molecular flexibility index (Phi) is 3.45. The van der Waals surface area contributed by atoms with Crippen LogP contribution in [0.3, 0.4) is 0 Å². The average Bonchev–Trinajstić information content (AvgIpc) is 2.70. The van der Waals surface area contributed by atoms with Crippen LogP contribution in [0.15, 0.2) is 18.3 Å². The summed E-state index contributed by atoms with van der Waals surface area (Å²) in [5.41, 5.74) is 0.520. The molecule has 0 aliphatic carbocycles. The molecule has 2 rings (SSSR count). The largest absolute Gasteiger partial charge is 0.480 e. The molecule has 6 nitrogen and oxygen atoms in total. The van der Waals surface area contributed by atoms with Crippen molar-refractivity contribution in [2.75, 3.05) is 26.0 Å². The quantitative estimate of drug-likeness (QED) is 0.847. The van der Waals surface area contributed by atoms with Gasteiger partial charge in [0, 0.05) is 26.2 Å². The van der Waals surface area contributed by atoms with E-state index in [4.69, 9.17) is 4.74 Å². The minimum absolute atomic E-state index is 0.00620. The Morgan fingerprint density at radius 2 is 2.39 bits per heavy atom. The molecule has 1 aliphatic heterocycles. The molecule has 0 aromatic carbocycles. The number of nitrogens with zero attached hydrogens (tertiary/aromatic N) is 2. The number of likely N-dealkylation sites (tertiary alicyclic amines) is 1. The second kappa shape index (κ2) is 5.03. The maximum Gasteiger partial charge on any atom is 0.237 e. The number of pyridine rings is 1. The summed E-state index contributed by atoms with van der Waals surface area (Å²) in [7, 11) is 3.19. The van der Waals surface area contributed by atoms with Crippen LogP contribution in [-0.2, 0) is 9.59 Å². The first-order valence-electron chi connectivity index (χ1n) is 5.65. The second-order valence-electron chi connectivity index (χ2n) is 4.22. The van der Waals surface area contributed by atoms with Crippen molar-refractivity contribution in [1.29, 1.82) is 0 Å². The summed E-state index contributed by atoms with van der Waals surface area (Å²) in [6.07, 6.45) is 1.84. The number of carbonyl (C=O) groups is 2. The Labute approximate surface area is 105 Å². The minimum Gasteiger partial charge on any atom is -0.480 e. The second-order valence-corrected chi connectivity index (χ2v) is 4.22. The number of hydrogen-bond donors (Lipinski definition) is 1. The van der Waals surface area contributed by atoms with Gasteiger partial charge in [-0.25, -0.2) is 4.98 Å². The molecule has 1 atom stereocenters. The maximum atomic E-state index is 12.0. The van der Waals surface area contributed by atoms with Crippen molar-refractivity contribution in [2.45, 2.75) is 6.42 Å². The molecule has 96 valence electrons. The van der Waals surface area contributed by atoms with Gasteiger partial charge in [0.05, 0.1) is 13.0 Å². The number of rotatable bonds is 3. The van der Waals surface area contributed by atoms with Crippen LogP contribution in [-0.4, -0.2) is 42.4 Å². The van der Waals surface area contributed by atoms with Gasteiger partial charge in [-0.05, 0) is 12.1 Å². The van der Waals surface area contributed by atoms with Crippen LogP contribution in [0.5, 0.6) is 5.88 Å². The fraction of sp³-hybridized carbons (Fsp3) is 0.417. The molecule has 18 heavy (non-hydrogen) atoms. The van der Waals surface area contributed by atoms with Gasteiger partial charge in [0.1, 0.15) is 5.69 Å². The van der Waals surface area contributed by atoms with Crippen molar-refractivity contribution in [3.8, 4) is 5.88 Å². The van der Waals surface area contributed by atoms with E-state index < -0.39 is 0 Å². The van der Waals surface area contributed by atoms with Crippen LogP contribution < -0.4 is 10.1 Å². The van der Waals surface area contributed by atoms with Crippen LogP contribution in [0.1, 0.15) is 6.42 Å². The van der Waals surface area contributed by atoms with Crippen LogP contribution >= 0.6 is 0 Å². The highest BCUT2D eigenvalue weighted by molar-refractivity contribution is 5.97. The van der Waals surface area contributed by atoms with Crippen molar-refractivity contribution < 1.29 is 14.3 Å². The monoisotopic (exact) mass is 249 g/mol. The Morgan fingerprint density at radius 3 is 3.00 bits per heavy atom. The lowest BCUT2D eigenvalue weighted by Crippen LogP contribution is -2.26. The molecule has 0 bridgehead atoms. The molecule has 1 aromatic rings. The highest BCUT2D eigenvalue weighted by Crippen LogP contribution is 2.23. The highest BCUT2D eigenvalue weighted by atomic mass is 16.5. The number of carbonyl (C=O) groups excluding carboxylic acids is 2. The summed E-state index contributed by atoms with van der Waals surface area (Å²) < 4.78 is 5.05. The van der Waals surface area contributed by atoms with E-state index in [0.717, 1.165) is 0 Å². The molecule has 0 saturated carbocycles. The van der Waals surface area contributed by atoms with Crippen molar-refractivity contribution >= 4 is 17.5 Å². The lowest BCUT2D eigenvalue weighted by Gasteiger charge is -2.12. The van der Waals surface area contributed by atoms with Crippen LogP contribution in [0.25, 0.3) is 0 Å². The lowest BCUT2D eigenvalue weighted by atomic mass is 10.1. The minimum atomic E-state index is -0.313. The highest BCUT2D eigenvalue weighted by Gasteiger charge is 2.32. The topological polar surface area (TPSA) is 71.5 Å². The fourth-order valence-corrected chi connectivity index (χ4v) is 1.92. The summed E-state index contributed by atoms with van der Waals surface area (Å²) in [6.45, 7) is 0.452. The number of aromatic nitrogens is 1. The summed E-state index contributed by atoms with van der Waals surface area (Å²) in [6, 6.07) is 3.42. The normalized spacial score (nSPS) is 18.9. The number of ether oxygens (including phenoxy) is 1. The molecule has 2 amide bonds. The Balaban J connectivity index is 2.06. The van der Waals surface area contributed by atoms with Crippen molar-refractivity contribution in [1.82, 2.24) is 9.88 Å². The van der Waals surface area contributed by atoms with Gasteiger partial charge in [-0.15, -0.1) is 0 Å². The molecule has 0 radical (unpaired) electrons. The summed E-state index contributed by atoms with van der Waals surface area (Å²) >= 11 is 0. The lowest BCUT2D eigenvalue weighted by molar-refractivity contribution is -0.127. The van der Waals surface area contributed by atoms with E-state index in [1.54, 1.807) is 30.3 Å². The summed E-state index contributed by atoms with van der Waals surface area (Å²) in [5.74, 6) is -0.136. The number of methoxy groups -OCH3 is 1. The van der Waals surface area contributed by atoms with Gasteiger partial charge in [0.2, 0.25) is 17.7 Å². The number of anilines is 1. The predicted molar refractivity (Wildman–Crippen MR) is 65.2 cm³/mol. The third-order valence-corrected chi connectivity index (χ3v) is 2.93. The number of nitrogens with one attached hydrogen (secondary N) is 1. The van der Waals surface area contributed by atoms with Gasteiger partial charge in [-0.3, -0.25) is 9.59 Å². The van der Waals surface area contributed by atoms with E-state index >= 15 is 0 Å². The van der Waals surface area contributed by atoms with Crippen LogP contribution in [0.4, 0.5) is 5.69 Å². The standard InChI is InChI=1S/C12H15N3O3/c1-15-7-8(6-10(15)16)11(17)14-9-4-3-5-13-12(9)18-2/h3-5,8H,6-7H2,1-2H3,(H,14,17)/t8-/m0/s1. The van der Waals surface area contributed by atoms with Crippen molar-refractivity contribution in [2.24, 2.45) is 5.92 Å². The maximum absolute atomic E-state index is 12.0. The van der Waals surface area contributed by atoms with E-state index in [2.05, 4.69) is 10.3 Å². The molecule has 2 heterocycles. The molecule has 0 spiro atoms. The Morgan fingerprint density at radius 1 is 1.61 bits per heavy atom. The van der Waals surface area contributed by atoms with Gasteiger partial charge >= 0.3 is 0 Å². The third-order valence-electron chi connectivity index (χ3n) is 2.93. The smallest absolute Gasteiger partial charge is 0.237 e. The molecular formula is C12H15N3O3. The average molecular weight is 249 g/mol. The molecule has 6 heteroatoms. The van der Waals surface area contributed by atoms with Gasteiger partial charge in [0.25, 0.3) is 0 Å². The van der Waals surface area contributed by atoms with Crippen LogP contribution in [0, 0.1) is 5.92 Å². The zero-order chi connectivity index (χ0) is 13.1. The summed E-state index contributed by atoms with van der Waals surface area (Å²) in [4.78, 5) is 28.9. The SMILES string of the molecule is COc1ncccc1NC(=O)[C@H]1CC(=O)N(C)C1. The molecule has 1 aliphatic rings. The van der Waals surface area contributed by atoms with Gasteiger partial charge < -0.3 is 15.0 Å². The van der Waals surface area contributed by atoms with E-state index in [0.29, 0.717) is 18.1 Å². The first-order chi connectivity index (χ1) is 8.61. The number of amides is 2. The van der Waals surface area contributed by atoms with Crippen molar-refractivity contribution in [3.05, 3.63) is 18.3 Å². The zero-order valence-corrected chi connectivity index (χ0v) is 10.3. The van der Waals surface area contributed by atoms with E-state index in [1.165, 1.54) is 7.11 Å². The predicted octanol–water partition coefficient (Wildman–Crippen LogP) is 0.507. The van der Waals surface area contributed by atoms with Crippen molar-refractivity contribution in [3.63, 3.8) is 0 Å². The van der Waals surface area contributed by atoms with Gasteiger partial charge in [-0.2, -0.15) is 0 Å². The third kappa shape index (κ3) is 2.42. The molecule has 1 fully saturated rings. The Bertz CT molecular complexity index is 475. The molecule has 1 N–H and O–H groups in total. The molecule has 1 aromatic heterocycles. The Hall–Kier alpha value is -2.11. The zero-order valence-electron chi connectivity index (χ0n) is 10.3. The first kappa shape index (κ1) is 12.3. The van der Waals surface area contributed by atoms with E-state index in [9.17, 15) is 9.59 Å². The molecule has 0 unspecified atom stereocenters. The number of hydrogen-bond acceptors (Lipinski definition) is 4. The molecular weight excluding hydrogens is 234 g/mol. The summed E-state index contributed by atoms with van der Waals surface area (Å²) in [5, 5.41) is 2.74. The van der Waals surface area contributed by atoms with Crippen LogP contribution in [0.2, 0.25) is 0 Å². The van der Waals surface area contributed by atoms with Gasteiger partial charge in [-0.1, -0.05) is 0 Å². The molecule has 1 saturated heterocycles. The first-order valence-corrected chi connectivity index (χ1v) is 5.65. The van der Waals surface area contributed by atoms with Gasteiger partial charge in [0.15, 0.2) is 0 Å². The van der Waals surface area contributed by atoms with E-state index in [1.807, 2.05) is 0 Å². The van der Waals surface area contributed by atoms with E-state index in [-0.39, 0.29) is 24.2 Å². The fourth-order valence-electron chi connectivity index (χ4n) is 1.92.